The zero-order valence-electron chi connectivity index (χ0n) is 15.4. The van der Waals surface area contributed by atoms with Crippen LogP contribution in [0, 0.1) is 27.7 Å². The molecule has 2 aromatic carbocycles. The van der Waals surface area contributed by atoms with Crippen LogP contribution in [0.5, 0.6) is 0 Å². The zero-order valence-corrected chi connectivity index (χ0v) is 16.2. The number of rotatable bonds is 5. The Hall–Kier alpha value is -1.81. The molecule has 3 nitrogen and oxygen atoms in total. The molecule has 0 saturated carbocycles. The normalized spacial score (nSPS) is 12.9. The molecule has 0 heterocycles. The van der Waals surface area contributed by atoms with E-state index in [4.69, 9.17) is 0 Å². The van der Waals surface area contributed by atoms with Gasteiger partial charge in [0, 0.05) is 0 Å². The third-order valence-corrected chi connectivity index (χ3v) is 6.55. The molecular weight excluding hydrogens is 318 g/mol. The van der Waals surface area contributed by atoms with E-state index >= 15 is 0 Å². The van der Waals surface area contributed by atoms with Crippen LogP contribution in [-0.2, 0) is 10.0 Å². The fourth-order valence-corrected chi connectivity index (χ4v) is 4.72. The van der Waals surface area contributed by atoms with Gasteiger partial charge in [-0.2, -0.15) is 0 Å². The Morgan fingerprint density at radius 2 is 1.54 bits per heavy atom. The van der Waals surface area contributed by atoms with E-state index in [0.717, 1.165) is 34.2 Å². The van der Waals surface area contributed by atoms with Crippen molar-refractivity contribution in [2.24, 2.45) is 0 Å². The summed E-state index contributed by atoms with van der Waals surface area (Å²) in [4.78, 5) is 0.402. The van der Waals surface area contributed by atoms with Gasteiger partial charge in [-0.05, 0) is 73.9 Å². The molecule has 0 aromatic heterocycles. The highest BCUT2D eigenvalue weighted by molar-refractivity contribution is 7.92. The van der Waals surface area contributed by atoms with Crippen molar-refractivity contribution >= 4 is 15.7 Å². The smallest absolute Gasteiger partial charge is 0.262 e. The Kier molecular flexibility index (Phi) is 5.38. The Labute approximate surface area is 146 Å². The number of hydrogen-bond acceptors (Lipinski definition) is 2. The van der Waals surface area contributed by atoms with Gasteiger partial charge in [-0.25, -0.2) is 8.42 Å². The predicted molar refractivity (Wildman–Crippen MR) is 101 cm³/mol. The number of aryl methyl sites for hydroxylation is 2. The highest BCUT2D eigenvalue weighted by Crippen LogP contribution is 2.31. The third-order valence-electron chi connectivity index (χ3n) is 4.91. The van der Waals surface area contributed by atoms with Crippen LogP contribution in [0.1, 0.15) is 54.0 Å². The third kappa shape index (κ3) is 3.48. The topological polar surface area (TPSA) is 46.2 Å². The molecule has 0 amide bonds. The summed E-state index contributed by atoms with van der Waals surface area (Å²) < 4.78 is 29.0. The highest BCUT2D eigenvalue weighted by atomic mass is 32.2. The summed E-state index contributed by atoms with van der Waals surface area (Å²) in [6.07, 6.45) is 0.959. The molecule has 1 atom stereocenters. The second-order valence-corrected chi connectivity index (χ2v) is 8.21. The predicted octanol–water partition coefficient (Wildman–Crippen LogP) is 5.23. The summed E-state index contributed by atoms with van der Waals surface area (Å²) in [6.45, 7) is 11.9. The summed E-state index contributed by atoms with van der Waals surface area (Å²) in [5, 5.41) is 0. The Morgan fingerprint density at radius 1 is 1.00 bits per heavy atom. The monoisotopic (exact) mass is 345 g/mol. The highest BCUT2D eigenvalue weighted by Gasteiger charge is 2.23. The van der Waals surface area contributed by atoms with Crippen LogP contribution < -0.4 is 4.72 Å². The lowest BCUT2D eigenvalue weighted by Crippen LogP contribution is -2.18. The Morgan fingerprint density at radius 3 is 2.08 bits per heavy atom. The molecule has 4 heteroatoms. The largest absolute Gasteiger partial charge is 0.279 e. The summed E-state index contributed by atoms with van der Waals surface area (Å²) >= 11 is 0. The molecule has 24 heavy (non-hydrogen) atoms. The quantitative estimate of drug-likeness (QED) is 0.806. The Balaban J connectivity index is 2.56. The van der Waals surface area contributed by atoms with Crippen LogP contribution in [-0.4, -0.2) is 8.42 Å². The zero-order chi connectivity index (χ0) is 18.1. The maximum atomic E-state index is 13.1. The number of nitrogens with one attached hydrogen (secondary N) is 1. The molecule has 2 rings (SSSR count). The molecule has 0 saturated heterocycles. The van der Waals surface area contributed by atoms with Gasteiger partial charge in [-0.15, -0.1) is 0 Å². The molecule has 0 aliphatic heterocycles. The van der Waals surface area contributed by atoms with E-state index in [1.54, 1.807) is 0 Å². The van der Waals surface area contributed by atoms with Crippen molar-refractivity contribution in [1.29, 1.82) is 0 Å². The van der Waals surface area contributed by atoms with Crippen molar-refractivity contribution in [3.8, 4) is 0 Å². The van der Waals surface area contributed by atoms with Crippen molar-refractivity contribution < 1.29 is 8.42 Å². The van der Waals surface area contributed by atoms with Crippen LogP contribution in [0.25, 0.3) is 0 Å². The maximum absolute atomic E-state index is 13.1. The summed E-state index contributed by atoms with van der Waals surface area (Å²) in [5.41, 5.74) is 5.31. The first-order valence-electron chi connectivity index (χ1n) is 8.38. The van der Waals surface area contributed by atoms with Crippen LogP contribution in [0.4, 0.5) is 5.69 Å². The molecule has 1 unspecified atom stereocenters. The molecule has 0 aliphatic rings. The summed E-state index contributed by atoms with van der Waals surface area (Å²) in [6, 6.07) is 9.69. The molecule has 0 radical (unpaired) electrons. The van der Waals surface area contributed by atoms with Crippen molar-refractivity contribution in [3.05, 3.63) is 58.1 Å². The molecular formula is C20H27NO2S. The first kappa shape index (κ1) is 18.5. The van der Waals surface area contributed by atoms with Gasteiger partial charge in [-0.1, -0.05) is 38.1 Å². The molecule has 0 bridgehead atoms. The summed E-state index contributed by atoms with van der Waals surface area (Å²) in [7, 11) is -3.63. The average Bonchev–Trinajstić information content (AvgIpc) is 2.52. The number of benzene rings is 2. The summed E-state index contributed by atoms with van der Waals surface area (Å²) in [5.74, 6) is 0.297. The first-order valence-corrected chi connectivity index (χ1v) is 9.86. The second kappa shape index (κ2) is 6.98. The van der Waals surface area contributed by atoms with E-state index in [9.17, 15) is 8.42 Å². The van der Waals surface area contributed by atoms with E-state index in [0.29, 0.717) is 16.5 Å². The lowest BCUT2D eigenvalue weighted by molar-refractivity contribution is 0.599. The SMILES string of the molecule is CCC(C)c1ccccc1NS(=O)(=O)c1c(C)c(C)cc(C)c1C. The molecule has 2 aromatic rings. The second-order valence-electron chi connectivity index (χ2n) is 6.59. The Bertz CT molecular complexity index is 828. The van der Waals surface area contributed by atoms with E-state index < -0.39 is 10.0 Å². The minimum absolute atomic E-state index is 0.297. The van der Waals surface area contributed by atoms with Crippen molar-refractivity contribution in [2.45, 2.75) is 58.8 Å². The molecule has 1 N–H and O–H groups in total. The lowest BCUT2D eigenvalue weighted by Gasteiger charge is -2.19. The molecule has 130 valence electrons. The number of para-hydroxylation sites is 1. The van der Waals surface area contributed by atoms with Crippen LogP contribution >= 0.6 is 0 Å². The van der Waals surface area contributed by atoms with Gasteiger partial charge in [0.05, 0.1) is 10.6 Å². The number of anilines is 1. The number of sulfonamides is 1. The van der Waals surface area contributed by atoms with Gasteiger partial charge in [-0.3, -0.25) is 4.72 Å². The maximum Gasteiger partial charge on any atom is 0.262 e. The van der Waals surface area contributed by atoms with Gasteiger partial charge in [0.1, 0.15) is 0 Å². The van der Waals surface area contributed by atoms with Crippen molar-refractivity contribution in [3.63, 3.8) is 0 Å². The fraction of sp³-hybridized carbons (Fsp3) is 0.400. The van der Waals surface area contributed by atoms with E-state index in [-0.39, 0.29) is 0 Å². The van der Waals surface area contributed by atoms with E-state index in [1.807, 2.05) is 58.0 Å². The van der Waals surface area contributed by atoms with Crippen LogP contribution in [0.2, 0.25) is 0 Å². The van der Waals surface area contributed by atoms with Crippen molar-refractivity contribution in [2.75, 3.05) is 4.72 Å². The van der Waals surface area contributed by atoms with Crippen LogP contribution in [0.15, 0.2) is 35.2 Å². The fourth-order valence-electron chi connectivity index (χ4n) is 3.02. The van der Waals surface area contributed by atoms with Gasteiger partial charge in [0.25, 0.3) is 10.0 Å². The standard InChI is InChI=1S/C20H27NO2S/c1-7-13(2)18-10-8-9-11-19(18)21-24(22,23)20-16(5)14(3)12-15(4)17(20)6/h8-13,21H,7H2,1-6H3. The minimum atomic E-state index is -3.63. The van der Waals surface area contributed by atoms with Crippen molar-refractivity contribution in [1.82, 2.24) is 0 Å². The number of hydrogen-bond donors (Lipinski definition) is 1. The van der Waals surface area contributed by atoms with Gasteiger partial charge in [0.15, 0.2) is 0 Å². The lowest BCUT2D eigenvalue weighted by atomic mass is 9.97. The molecule has 0 fully saturated rings. The molecule has 0 aliphatic carbocycles. The van der Waals surface area contributed by atoms with Gasteiger partial charge >= 0.3 is 0 Å². The van der Waals surface area contributed by atoms with E-state index in [1.165, 1.54) is 0 Å². The van der Waals surface area contributed by atoms with Gasteiger partial charge in [0.2, 0.25) is 0 Å². The minimum Gasteiger partial charge on any atom is -0.279 e. The molecule has 0 spiro atoms. The average molecular weight is 346 g/mol. The first-order chi connectivity index (χ1) is 11.2. The van der Waals surface area contributed by atoms with E-state index in [2.05, 4.69) is 18.6 Å². The van der Waals surface area contributed by atoms with Crippen LogP contribution in [0.3, 0.4) is 0 Å². The van der Waals surface area contributed by atoms with Gasteiger partial charge < -0.3 is 0 Å².